The van der Waals surface area contributed by atoms with Crippen LogP contribution in [0.25, 0.3) is 0 Å². The van der Waals surface area contributed by atoms with Crippen LogP contribution in [0.2, 0.25) is 0 Å². The molecule has 0 fully saturated rings. The zero-order valence-electron chi connectivity index (χ0n) is 6.11. The van der Waals surface area contributed by atoms with Crippen LogP contribution < -0.4 is 0 Å². The second-order valence-electron chi connectivity index (χ2n) is 2.11. The van der Waals surface area contributed by atoms with Crippen LogP contribution in [0.4, 0.5) is 26.3 Å². The van der Waals surface area contributed by atoms with E-state index in [2.05, 4.69) is 0 Å². The summed E-state index contributed by atoms with van der Waals surface area (Å²) in [6, 6.07) is 0. The monoisotopic (exact) mass is 224 g/mol. The van der Waals surface area contributed by atoms with E-state index in [1.807, 2.05) is 0 Å². The van der Waals surface area contributed by atoms with Gasteiger partial charge in [0.2, 0.25) is 0 Å². The first-order valence-electron chi connectivity index (χ1n) is 2.86. The van der Waals surface area contributed by atoms with Gasteiger partial charge in [0.1, 0.15) is 0 Å². The highest BCUT2D eigenvalue weighted by Crippen LogP contribution is 2.27. The third-order valence-corrected chi connectivity index (χ3v) is 1.07. The van der Waals surface area contributed by atoms with Crippen molar-refractivity contribution in [1.29, 1.82) is 0 Å². The Hall–Kier alpha value is -1.12. The normalized spacial score (nSPS) is 13.1. The van der Waals surface area contributed by atoms with E-state index in [1.54, 1.807) is 0 Å². The second kappa shape index (κ2) is 3.56. The fourth-order valence-corrected chi connectivity index (χ4v) is 0.438. The number of hydrogen-bond acceptors (Lipinski definition) is 3. The van der Waals surface area contributed by atoms with E-state index in [0.717, 1.165) is 0 Å². The highest BCUT2D eigenvalue weighted by molar-refractivity contribution is 6.11. The maximum absolute atomic E-state index is 12.1. The predicted octanol–water partition coefficient (Wildman–Crippen LogP) is 0.610. The molecule has 0 rings (SSSR count). The summed E-state index contributed by atoms with van der Waals surface area (Å²) in [7, 11) is 0. The Bertz CT molecular complexity index is 255. The number of alkyl halides is 6. The summed E-state index contributed by atoms with van der Waals surface area (Å²) < 4.78 is 70.1. The Kier molecular flexibility index (Phi) is 3.27. The van der Waals surface area contributed by atoms with E-state index in [9.17, 15) is 35.9 Å². The molecule has 0 radical (unpaired) electrons. The number of carbonyl (C=O) groups is 2. The molecule has 9 heteroatoms. The Morgan fingerprint density at radius 1 is 1.07 bits per heavy atom. The molecular weight excluding hydrogens is 222 g/mol. The number of Topliss-reactive ketones (excluding diaryl/α,β-unsaturated/α-hetero) is 2. The average molecular weight is 224 g/mol. The van der Waals surface area contributed by atoms with Gasteiger partial charge in [-0.25, -0.2) is 8.78 Å². The van der Waals surface area contributed by atoms with Crippen molar-refractivity contribution >= 4 is 11.6 Å². The van der Waals surface area contributed by atoms with E-state index in [4.69, 9.17) is 5.11 Å². The molecule has 0 saturated heterocycles. The van der Waals surface area contributed by atoms with Gasteiger partial charge in [-0.05, 0) is 0 Å². The van der Waals surface area contributed by atoms with Crippen molar-refractivity contribution in [2.45, 2.75) is 18.5 Å². The van der Waals surface area contributed by atoms with Gasteiger partial charge in [0.15, 0.2) is 0 Å². The average Bonchev–Trinajstić information content (AvgIpc) is 1.99. The molecule has 0 aliphatic heterocycles. The predicted molar refractivity (Wildman–Crippen MR) is 28.1 cm³/mol. The van der Waals surface area contributed by atoms with Crippen molar-refractivity contribution < 1.29 is 41.0 Å². The van der Waals surface area contributed by atoms with Crippen molar-refractivity contribution in [1.82, 2.24) is 0 Å². The molecule has 0 saturated carbocycles. The number of hydrogen-bond donors (Lipinski definition) is 1. The van der Waals surface area contributed by atoms with E-state index < -0.39 is 30.0 Å². The standard InChI is InChI=1S/C5H2F6O3/c6-2(7)1(12)4(8,9)3(13)5(10,11)14/h2,14H. The summed E-state index contributed by atoms with van der Waals surface area (Å²) >= 11 is 0. The van der Waals surface area contributed by atoms with Crippen molar-refractivity contribution in [3.63, 3.8) is 0 Å². The van der Waals surface area contributed by atoms with Crippen LogP contribution in [-0.4, -0.2) is 35.1 Å². The summed E-state index contributed by atoms with van der Waals surface area (Å²) in [5.74, 6) is -12.5. The molecule has 0 aromatic carbocycles. The molecular formula is C5H2F6O3. The van der Waals surface area contributed by atoms with Crippen LogP contribution in [-0.2, 0) is 9.59 Å². The molecule has 0 bridgehead atoms. The summed E-state index contributed by atoms with van der Waals surface area (Å²) in [4.78, 5) is 19.8. The van der Waals surface area contributed by atoms with Crippen molar-refractivity contribution in [3.8, 4) is 0 Å². The molecule has 82 valence electrons. The molecule has 0 aliphatic rings. The molecule has 14 heavy (non-hydrogen) atoms. The highest BCUT2D eigenvalue weighted by Gasteiger charge is 2.60. The quantitative estimate of drug-likeness (QED) is 0.562. The molecule has 0 aromatic heterocycles. The molecule has 0 aromatic rings. The third-order valence-electron chi connectivity index (χ3n) is 1.07. The summed E-state index contributed by atoms with van der Waals surface area (Å²) in [5, 5.41) is 7.49. The summed E-state index contributed by atoms with van der Waals surface area (Å²) in [6.07, 6.45) is -9.81. The number of rotatable bonds is 4. The van der Waals surface area contributed by atoms with E-state index >= 15 is 0 Å². The summed E-state index contributed by atoms with van der Waals surface area (Å²) in [6.45, 7) is 0. The largest absolute Gasteiger partial charge is 0.420 e. The van der Waals surface area contributed by atoms with Gasteiger partial charge < -0.3 is 5.11 Å². The lowest BCUT2D eigenvalue weighted by atomic mass is 10.1. The Morgan fingerprint density at radius 2 is 1.43 bits per heavy atom. The van der Waals surface area contributed by atoms with Gasteiger partial charge in [0.25, 0.3) is 5.78 Å². The van der Waals surface area contributed by atoms with E-state index in [1.165, 1.54) is 0 Å². The Balaban J connectivity index is 4.98. The van der Waals surface area contributed by atoms with E-state index in [-0.39, 0.29) is 0 Å². The van der Waals surface area contributed by atoms with E-state index in [0.29, 0.717) is 0 Å². The molecule has 0 unspecified atom stereocenters. The fourth-order valence-electron chi connectivity index (χ4n) is 0.438. The van der Waals surface area contributed by atoms with Gasteiger partial charge in [0.05, 0.1) is 0 Å². The lowest BCUT2D eigenvalue weighted by Crippen LogP contribution is -2.49. The van der Waals surface area contributed by atoms with Crippen LogP contribution in [0.15, 0.2) is 0 Å². The SMILES string of the molecule is O=C(C(F)F)C(F)(F)C(=O)C(O)(F)F. The lowest BCUT2D eigenvalue weighted by molar-refractivity contribution is -0.223. The maximum atomic E-state index is 12.1. The molecule has 0 heterocycles. The van der Waals surface area contributed by atoms with Crippen molar-refractivity contribution in [2.24, 2.45) is 0 Å². The van der Waals surface area contributed by atoms with Crippen LogP contribution in [0.1, 0.15) is 0 Å². The topological polar surface area (TPSA) is 54.4 Å². The minimum absolute atomic E-state index is 3.28. The number of ketones is 2. The zero-order chi connectivity index (χ0) is 11.7. The molecule has 0 aliphatic carbocycles. The first-order valence-corrected chi connectivity index (χ1v) is 2.86. The van der Waals surface area contributed by atoms with Gasteiger partial charge in [0, 0.05) is 0 Å². The minimum Gasteiger partial charge on any atom is -0.330 e. The van der Waals surface area contributed by atoms with Gasteiger partial charge in [-0.2, -0.15) is 17.6 Å². The van der Waals surface area contributed by atoms with Gasteiger partial charge in [-0.15, -0.1) is 0 Å². The zero-order valence-corrected chi connectivity index (χ0v) is 6.11. The Labute approximate surface area is 72.3 Å². The van der Waals surface area contributed by atoms with Gasteiger partial charge >= 0.3 is 24.2 Å². The van der Waals surface area contributed by atoms with Crippen LogP contribution in [0.5, 0.6) is 0 Å². The number of aliphatic hydroxyl groups is 1. The first kappa shape index (κ1) is 12.9. The molecule has 1 N–H and O–H groups in total. The molecule has 0 atom stereocenters. The minimum atomic E-state index is -5.60. The summed E-state index contributed by atoms with van der Waals surface area (Å²) in [5.41, 5.74) is 0. The molecule has 0 amide bonds. The first-order chi connectivity index (χ1) is 6.01. The molecule has 3 nitrogen and oxygen atoms in total. The maximum Gasteiger partial charge on any atom is 0.420 e. The van der Waals surface area contributed by atoms with Crippen LogP contribution in [0.3, 0.4) is 0 Å². The second-order valence-corrected chi connectivity index (χ2v) is 2.11. The third kappa shape index (κ3) is 2.44. The molecule has 0 spiro atoms. The van der Waals surface area contributed by atoms with Crippen LogP contribution in [0, 0.1) is 0 Å². The van der Waals surface area contributed by atoms with Gasteiger partial charge in [-0.3, -0.25) is 9.59 Å². The smallest absolute Gasteiger partial charge is 0.330 e. The Morgan fingerprint density at radius 3 is 1.64 bits per heavy atom. The number of carbonyl (C=O) groups excluding carboxylic acids is 2. The number of halogens is 6. The lowest BCUT2D eigenvalue weighted by Gasteiger charge is -2.15. The van der Waals surface area contributed by atoms with Crippen molar-refractivity contribution in [3.05, 3.63) is 0 Å². The highest BCUT2D eigenvalue weighted by atomic mass is 19.3. The van der Waals surface area contributed by atoms with Crippen molar-refractivity contribution in [2.75, 3.05) is 0 Å². The van der Waals surface area contributed by atoms with Gasteiger partial charge in [-0.1, -0.05) is 0 Å². The fraction of sp³-hybridized carbons (Fsp3) is 0.600. The van der Waals surface area contributed by atoms with Crippen LogP contribution >= 0.6 is 0 Å².